The Bertz CT molecular complexity index is 268. The van der Waals surface area contributed by atoms with Crippen LogP contribution >= 0.6 is 0 Å². The van der Waals surface area contributed by atoms with E-state index in [-0.39, 0.29) is 0 Å². The van der Waals surface area contributed by atoms with E-state index in [2.05, 4.69) is 30.3 Å². The number of imidazole rings is 1. The SMILES string of the molecule is CCCCOCCn1ccnc1C(C)C. The minimum atomic E-state index is 0.482. The molecule has 0 atom stereocenters. The predicted octanol–water partition coefficient (Wildman–Crippen LogP) is 2.82. The van der Waals surface area contributed by atoms with Crippen molar-refractivity contribution in [3.8, 4) is 0 Å². The maximum atomic E-state index is 5.53. The molecule has 15 heavy (non-hydrogen) atoms. The first-order valence-corrected chi connectivity index (χ1v) is 5.84. The summed E-state index contributed by atoms with van der Waals surface area (Å²) in [6, 6.07) is 0. The molecule has 0 aliphatic rings. The summed E-state index contributed by atoms with van der Waals surface area (Å²) in [5.41, 5.74) is 0. The molecule has 0 bridgehead atoms. The number of hydrogen-bond donors (Lipinski definition) is 0. The van der Waals surface area contributed by atoms with Crippen LogP contribution in [0.15, 0.2) is 12.4 Å². The molecule has 3 heteroatoms. The molecule has 0 saturated carbocycles. The van der Waals surface area contributed by atoms with Crippen LogP contribution in [-0.2, 0) is 11.3 Å². The van der Waals surface area contributed by atoms with Crippen LogP contribution in [0.1, 0.15) is 45.4 Å². The predicted molar refractivity (Wildman–Crippen MR) is 62.0 cm³/mol. The van der Waals surface area contributed by atoms with E-state index in [1.54, 1.807) is 0 Å². The molecule has 86 valence electrons. The second-order valence-electron chi connectivity index (χ2n) is 4.10. The van der Waals surface area contributed by atoms with Gasteiger partial charge < -0.3 is 9.30 Å². The molecule has 0 unspecified atom stereocenters. The molecule has 0 radical (unpaired) electrons. The first-order chi connectivity index (χ1) is 7.25. The number of nitrogens with zero attached hydrogens (tertiary/aromatic N) is 2. The summed E-state index contributed by atoms with van der Waals surface area (Å²) in [7, 11) is 0. The van der Waals surface area contributed by atoms with Crippen molar-refractivity contribution in [3.63, 3.8) is 0 Å². The molecule has 1 aromatic rings. The van der Waals surface area contributed by atoms with E-state index >= 15 is 0 Å². The highest BCUT2D eigenvalue weighted by molar-refractivity contribution is 4.97. The maximum absolute atomic E-state index is 5.53. The van der Waals surface area contributed by atoms with Crippen molar-refractivity contribution in [2.45, 2.75) is 46.1 Å². The van der Waals surface area contributed by atoms with Gasteiger partial charge in [-0.15, -0.1) is 0 Å². The van der Waals surface area contributed by atoms with Crippen LogP contribution < -0.4 is 0 Å². The van der Waals surface area contributed by atoms with Crippen LogP contribution in [0.5, 0.6) is 0 Å². The van der Waals surface area contributed by atoms with Gasteiger partial charge in [0.05, 0.1) is 6.61 Å². The molecule has 1 aromatic heterocycles. The summed E-state index contributed by atoms with van der Waals surface area (Å²) in [4.78, 5) is 4.34. The lowest BCUT2D eigenvalue weighted by atomic mass is 10.2. The summed E-state index contributed by atoms with van der Waals surface area (Å²) in [6.07, 6.45) is 6.24. The van der Waals surface area contributed by atoms with Gasteiger partial charge in [0.15, 0.2) is 0 Å². The molecule has 0 aliphatic heterocycles. The quantitative estimate of drug-likeness (QED) is 0.647. The molecule has 0 amide bonds. The highest BCUT2D eigenvalue weighted by atomic mass is 16.5. The van der Waals surface area contributed by atoms with Crippen LogP contribution in [0.4, 0.5) is 0 Å². The average Bonchev–Trinajstić information content (AvgIpc) is 2.66. The Morgan fingerprint density at radius 1 is 1.40 bits per heavy atom. The molecule has 1 heterocycles. The zero-order valence-electron chi connectivity index (χ0n) is 10.1. The van der Waals surface area contributed by atoms with Gasteiger partial charge in [0, 0.05) is 31.5 Å². The van der Waals surface area contributed by atoms with Gasteiger partial charge >= 0.3 is 0 Å². The summed E-state index contributed by atoms with van der Waals surface area (Å²) in [5.74, 6) is 1.63. The van der Waals surface area contributed by atoms with Gasteiger partial charge in [-0.1, -0.05) is 27.2 Å². The minimum Gasteiger partial charge on any atom is -0.380 e. The molecule has 1 rings (SSSR count). The Hall–Kier alpha value is -0.830. The first kappa shape index (κ1) is 12.2. The van der Waals surface area contributed by atoms with Gasteiger partial charge in [-0.25, -0.2) is 4.98 Å². The molecule has 0 aromatic carbocycles. The highest BCUT2D eigenvalue weighted by Crippen LogP contribution is 2.11. The standard InChI is InChI=1S/C12H22N2O/c1-4-5-9-15-10-8-14-7-6-13-12(14)11(2)3/h6-7,11H,4-5,8-10H2,1-3H3. The smallest absolute Gasteiger partial charge is 0.111 e. The average molecular weight is 210 g/mol. The largest absolute Gasteiger partial charge is 0.380 e. The van der Waals surface area contributed by atoms with Crippen molar-refractivity contribution in [3.05, 3.63) is 18.2 Å². The lowest BCUT2D eigenvalue weighted by Crippen LogP contribution is -2.10. The van der Waals surface area contributed by atoms with E-state index in [1.807, 2.05) is 12.4 Å². The third kappa shape index (κ3) is 4.04. The van der Waals surface area contributed by atoms with Gasteiger partial charge in [-0.05, 0) is 6.42 Å². The van der Waals surface area contributed by atoms with Crippen molar-refractivity contribution < 1.29 is 4.74 Å². The number of rotatable bonds is 7. The van der Waals surface area contributed by atoms with E-state index in [0.29, 0.717) is 5.92 Å². The molecule has 0 spiro atoms. The van der Waals surface area contributed by atoms with Gasteiger partial charge in [0.1, 0.15) is 5.82 Å². The van der Waals surface area contributed by atoms with Crippen LogP contribution in [0.3, 0.4) is 0 Å². The molecule has 0 fully saturated rings. The molecule has 0 N–H and O–H groups in total. The van der Waals surface area contributed by atoms with Crippen molar-refractivity contribution >= 4 is 0 Å². The number of unbranched alkanes of at least 4 members (excludes halogenated alkanes) is 1. The fraction of sp³-hybridized carbons (Fsp3) is 0.750. The lowest BCUT2D eigenvalue weighted by molar-refractivity contribution is 0.123. The molecular weight excluding hydrogens is 188 g/mol. The third-order valence-corrected chi connectivity index (χ3v) is 2.38. The second kappa shape index (κ2) is 6.62. The zero-order valence-corrected chi connectivity index (χ0v) is 10.1. The maximum Gasteiger partial charge on any atom is 0.111 e. The highest BCUT2D eigenvalue weighted by Gasteiger charge is 2.05. The van der Waals surface area contributed by atoms with Gasteiger partial charge in [0.25, 0.3) is 0 Å². The van der Waals surface area contributed by atoms with Gasteiger partial charge in [-0.3, -0.25) is 0 Å². The van der Waals surface area contributed by atoms with Crippen molar-refractivity contribution in [1.82, 2.24) is 9.55 Å². The Kier molecular flexibility index (Phi) is 5.40. The van der Waals surface area contributed by atoms with Crippen molar-refractivity contribution in [1.29, 1.82) is 0 Å². The topological polar surface area (TPSA) is 27.1 Å². The van der Waals surface area contributed by atoms with Crippen LogP contribution in [0.25, 0.3) is 0 Å². The van der Waals surface area contributed by atoms with Gasteiger partial charge in [0.2, 0.25) is 0 Å². The van der Waals surface area contributed by atoms with E-state index in [1.165, 1.54) is 6.42 Å². The zero-order chi connectivity index (χ0) is 11.1. The van der Waals surface area contributed by atoms with Crippen molar-refractivity contribution in [2.75, 3.05) is 13.2 Å². The molecular formula is C12H22N2O. The number of ether oxygens (including phenoxy) is 1. The Labute approximate surface area is 92.5 Å². The monoisotopic (exact) mass is 210 g/mol. The van der Waals surface area contributed by atoms with Crippen LogP contribution in [-0.4, -0.2) is 22.8 Å². The van der Waals surface area contributed by atoms with E-state index in [9.17, 15) is 0 Å². The Morgan fingerprint density at radius 2 is 2.20 bits per heavy atom. The third-order valence-electron chi connectivity index (χ3n) is 2.38. The van der Waals surface area contributed by atoms with E-state index in [4.69, 9.17) is 4.74 Å². The first-order valence-electron chi connectivity index (χ1n) is 5.84. The van der Waals surface area contributed by atoms with E-state index in [0.717, 1.165) is 32.0 Å². The molecule has 0 aliphatic carbocycles. The normalized spacial score (nSPS) is 11.2. The van der Waals surface area contributed by atoms with Crippen LogP contribution in [0, 0.1) is 0 Å². The Morgan fingerprint density at radius 3 is 2.87 bits per heavy atom. The lowest BCUT2D eigenvalue weighted by Gasteiger charge is -2.10. The van der Waals surface area contributed by atoms with Gasteiger partial charge in [-0.2, -0.15) is 0 Å². The van der Waals surface area contributed by atoms with E-state index < -0.39 is 0 Å². The van der Waals surface area contributed by atoms with Crippen LogP contribution in [0.2, 0.25) is 0 Å². The minimum absolute atomic E-state index is 0.482. The second-order valence-corrected chi connectivity index (χ2v) is 4.10. The fourth-order valence-electron chi connectivity index (χ4n) is 1.52. The summed E-state index contributed by atoms with van der Waals surface area (Å²) in [5, 5.41) is 0. The van der Waals surface area contributed by atoms with Crippen molar-refractivity contribution in [2.24, 2.45) is 0 Å². The number of aromatic nitrogens is 2. The molecule has 0 saturated heterocycles. The fourth-order valence-corrected chi connectivity index (χ4v) is 1.52. The Balaban J connectivity index is 2.28. The molecule has 3 nitrogen and oxygen atoms in total. The summed E-state index contributed by atoms with van der Waals surface area (Å²) < 4.78 is 7.71. The summed E-state index contributed by atoms with van der Waals surface area (Å²) >= 11 is 0. The number of hydrogen-bond acceptors (Lipinski definition) is 2. The summed E-state index contributed by atoms with van der Waals surface area (Å²) in [6.45, 7) is 9.08.